The van der Waals surface area contributed by atoms with Gasteiger partial charge >= 0.3 is 0 Å². The van der Waals surface area contributed by atoms with Gasteiger partial charge in [0.25, 0.3) is 0 Å². The van der Waals surface area contributed by atoms with Crippen molar-refractivity contribution in [2.75, 3.05) is 64.2 Å². The molecule has 0 atom stereocenters. The van der Waals surface area contributed by atoms with Crippen LogP contribution in [-0.4, -0.2) is 102 Å². The van der Waals surface area contributed by atoms with Crippen LogP contribution < -0.4 is 19.7 Å². The first kappa shape index (κ1) is 43.6. The van der Waals surface area contributed by atoms with E-state index in [9.17, 15) is 0 Å². The fourth-order valence-electron chi connectivity index (χ4n) is 6.99. The Labute approximate surface area is 360 Å². The van der Waals surface area contributed by atoms with Gasteiger partial charge in [-0.05, 0) is 56.0 Å². The molecule has 15 nitrogen and oxygen atoms in total. The van der Waals surface area contributed by atoms with Crippen molar-refractivity contribution in [3.8, 4) is 11.5 Å². The van der Waals surface area contributed by atoms with Crippen LogP contribution in [0, 0.1) is 0 Å². The summed E-state index contributed by atoms with van der Waals surface area (Å²) in [6, 6.07) is 12.7. The summed E-state index contributed by atoms with van der Waals surface area (Å²) in [5.74, 6) is 3.95. The zero-order valence-electron chi connectivity index (χ0n) is 35.3. The normalized spacial score (nSPS) is 14.8. The maximum Gasteiger partial charge on any atom is 0.215 e. The Morgan fingerprint density at radius 2 is 1.25 bits per heavy atom. The van der Waals surface area contributed by atoms with Gasteiger partial charge in [0.05, 0.1) is 47.7 Å². The third-order valence-electron chi connectivity index (χ3n) is 10.4. The second kappa shape index (κ2) is 21.4. The number of ether oxygens (including phenoxy) is 5. The number of anilines is 4. The molecule has 6 heterocycles. The van der Waals surface area contributed by atoms with Crippen LogP contribution in [0.3, 0.4) is 0 Å². The first-order chi connectivity index (χ1) is 29.2. The van der Waals surface area contributed by atoms with Crippen LogP contribution in [0.15, 0.2) is 48.8 Å². The summed E-state index contributed by atoms with van der Waals surface area (Å²) in [5, 5.41) is 24.8. The van der Waals surface area contributed by atoms with Crippen molar-refractivity contribution in [1.82, 2.24) is 40.3 Å². The van der Waals surface area contributed by atoms with Crippen molar-refractivity contribution in [2.24, 2.45) is 0 Å². The van der Waals surface area contributed by atoms with E-state index in [-0.39, 0.29) is 0 Å². The lowest BCUT2D eigenvalue weighted by atomic mass is 10.1. The van der Waals surface area contributed by atoms with E-state index in [0.29, 0.717) is 56.5 Å². The van der Waals surface area contributed by atoms with Crippen molar-refractivity contribution in [2.45, 2.75) is 88.9 Å². The molecule has 6 aromatic rings. The van der Waals surface area contributed by atoms with Crippen molar-refractivity contribution in [3.63, 3.8) is 0 Å². The molecule has 1 N–H and O–H groups in total. The lowest BCUT2D eigenvalue weighted by Crippen LogP contribution is -2.26. The van der Waals surface area contributed by atoms with E-state index < -0.39 is 8.07 Å². The van der Waals surface area contributed by atoms with E-state index in [1.54, 1.807) is 49.3 Å². The van der Waals surface area contributed by atoms with Crippen molar-refractivity contribution in [1.29, 1.82) is 0 Å². The molecule has 320 valence electrons. The number of nitrogens with zero attached hydrogens (tertiary/aromatic N) is 9. The molecule has 60 heavy (non-hydrogen) atoms. The molecular formula is C42H56N10O5S2Si. The van der Waals surface area contributed by atoms with Crippen molar-refractivity contribution < 1.29 is 23.7 Å². The first-order valence-corrected chi connectivity index (χ1v) is 26.1. The molecule has 0 unspecified atom stereocenters. The molecule has 2 aliphatic rings. The van der Waals surface area contributed by atoms with E-state index in [0.717, 1.165) is 66.6 Å². The standard InChI is InChI=1S/C24H35N5O3SSi.C18H21N5O2S/c1-30-11-12-32-19-15-21-20(25-16-19)9-10-22(26-21)29(17-31-13-14-34(2,3)4)24-28-27-23(33-24)18-7-5-6-8-18;1-24-8-9-25-13-10-15-14(19-11-13)6-7-16(20-15)21-18-23-22-17(26-18)12-4-2-3-5-12/h9-10,15-16,18H,5-8,11-14,17H2,1-4H3;6-7,10-12H,2-5,8-9H2,1H3,(H,20,21,23). The number of nitrogens with one attached hydrogen (secondary N) is 1. The van der Waals surface area contributed by atoms with Gasteiger partial charge in [0.2, 0.25) is 10.3 Å². The molecule has 0 spiro atoms. The Kier molecular flexibility index (Phi) is 15.5. The Morgan fingerprint density at radius 3 is 1.87 bits per heavy atom. The fourth-order valence-corrected chi connectivity index (χ4v) is 9.67. The van der Waals surface area contributed by atoms with Crippen LogP contribution in [-0.2, 0) is 14.2 Å². The number of hydrogen-bond acceptors (Lipinski definition) is 17. The average Bonchev–Trinajstić information content (AvgIpc) is 4.10. The lowest BCUT2D eigenvalue weighted by molar-refractivity contribution is 0.146. The van der Waals surface area contributed by atoms with E-state index in [2.05, 4.69) is 60.3 Å². The highest BCUT2D eigenvalue weighted by Crippen LogP contribution is 2.39. The van der Waals surface area contributed by atoms with Crippen LogP contribution in [0.25, 0.3) is 22.1 Å². The minimum atomic E-state index is -1.17. The minimum absolute atomic E-state index is 0.389. The first-order valence-electron chi connectivity index (χ1n) is 20.8. The molecular weight excluding hydrogens is 817 g/mol. The molecule has 0 amide bonds. The fraction of sp³-hybridized carbons (Fsp3) is 0.524. The summed E-state index contributed by atoms with van der Waals surface area (Å²) in [4.78, 5) is 20.4. The molecule has 0 bridgehead atoms. The zero-order valence-corrected chi connectivity index (χ0v) is 37.9. The quantitative estimate of drug-likeness (QED) is 0.0464. The number of fused-ring (bicyclic) bond motifs is 2. The number of pyridine rings is 4. The average molecular weight is 873 g/mol. The van der Waals surface area contributed by atoms with Gasteiger partial charge in [-0.15, -0.1) is 20.4 Å². The summed E-state index contributed by atoms with van der Waals surface area (Å²) in [7, 11) is 2.13. The van der Waals surface area contributed by atoms with Gasteiger partial charge < -0.3 is 29.0 Å². The largest absolute Gasteiger partial charge is 0.489 e. The number of hydrogen-bond donors (Lipinski definition) is 1. The zero-order chi connectivity index (χ0) is 41.7. The Bertz CT molecular complexity index is 2260. The predicted octanol–water partition coefficient (Wildman–Crippen LogP) is 9.52. The highest BCUT2D eigenvalue weighted by Gasteiger charge is 2.25. The van der Waals surface area contributed by atoms with Crippen LogP contribution >= 0.6 is 22.7 Å². The Morgan fingerprint density at radius 1 is 0.667 bits per heavy atom. The molecule has 0 saturated heterocycles. The van der Waals surface area contributed by atoms with Crippen LogP contribution in [0.4, 0.5) is 21.9 Å². The number of aromatic nitrogens is 8. The van der Waals surface area contributed by atoms with Gasteiger partial charge in [-0.25, -0.2) is 9.97 Å². The molecule has 0 radical (unpaired) electrons. The van der Waals surface area contributed by atoms with Crippen molar-refractivity contribution >= 4 is 74.7 Å². The van der Waals surface area contributed by atoms with Crippen LogP contribution in [0.1, 0.15) is 73.2 Å². The lowest BCUT2D eigenvalue weighted by Gasteiger charge is -2.22. The molecule has 8 rings (SSSR count). The SMILES string of the molecule is COCCOc1cnc2ccc(N(COCC[Si](C)(C)C)c3nnc(C4CCCC4)s3)nc2c1.COCCOc1cnc2ccc(Nc3nnc(C4CCCC4)s3)nc2c1. The van der Waals surface area contributed by atoms with E-state index in [1.807, 2.05) is 41.3 Å². The second-order valence-corrected chi connectivity index (χ2v) is 23.8. The van der Waals surface area contributed by atoms with Gasteiger partial charge in [-0.2, -0.15) is 0 Å². The van der Waals surface area contributed by atoms with Crippen LogP contribution in [0.2, 0.25) is 25.7 Å². The van der Waals surface area contributed by atoms with E-state index >= 15 is 0 Å². The summed E-state index contributed by atoms with van der Waals surface area (Å²) in [6.07, 6.45) is 13.4. The maximum absolute atomic E-state index is 6.12. The molecule has 2 aliphatic carbocycles. The summed E-state index contributed by atoms with van der Waals surface area (Å²) < 4.78 is 27.5. The number of rotatable bonds is 19. The maximum atomic E-state index is 6.12. The summed E-state index contributed by atoms with van der Waals surface area (Å²) in [5.41, 5.74) is 3.16. The monoisotopic (exact) mass is 872 g/mol. The van der Waals surface area contributed by atoms with Gasteiger partial charge in [-0.3, -0.25) is 14.9 Å². The highest BCUT2D eigenvalue weighted by atomic mass is 32.1. The third-order valence-corrected chi connectivity index (χ3v) is 14.2. The summed E-state index contributed by atoms with van der Waals surface area (Å²) >= 11 is 3.28. The predicted molar refractivity (Wildman–Crippen MR) is 240 cm³/mol. The van der Waals surface area contributed by atoms with E-state index in [4.69, 9.17) is 28.7 Å². The molecule has 0 aliphatic heterocycles. The minimum Gasteiger partial charge on any atom is -0.489 e. The molecule has 0 aromatic carbocycles. The highest BCUT2D eigenvalue weighted by molar-refractivity contribution is 7.15. The molecule has 6 aromatic heterocycles. The molecule has 2 saturated carbocycles. The smallest absolute Gasteiger partial charge is 0.215 e. The Balaban J connectivity index is 0.000000188. The van der Waals surface area contributed by atoms with Gasteiger partial charge in [0, 0.05) is 52.9 Å². The van der Waals surface area contributed by atoms with Gasteiger partial charge in [-0.1, -0.05) is 68.0 Å². The number of methoxy groups -OCH3 is 2. The van der Waals surface area contributed by atoms with Gasteiger partial charge in [0.1, 0.15) is 53.1 Å². The topological polar surface area (TPSA) is 165 Å². The second-order valence-electron chi connectivity index (χ2n) is 16.2. The molecule has 2 fully saturated rings. The molecule has 18 heteroatoms. The van der Waals surface area contributed by atoms with Crippen molar-refractivity contribution in [3.05, 3.63) is 58.8 Å². The third kappa shape index (κ3) is 12.3. The Hall–Kier alpha value is -4.46. The summed E-state index contributed by atoms with van der Waals surface area (Å²) in [6.45, 7) is 10.2. The van der Waals surface area contributed by atoms with Gasteiger partial charge in [0.15, 0.2) is 0 Å². The van der Waals surface area contributed by atoms with Crippen LogP contribution in [0.5, 0.6) is 11.5 Å². The van der Waals surface area contributed by atoms with E-state index in [1.165, 1.54) is 51.4 Å².